The van der Waals surface area contributed by atoms with Crippen molar-refractivity contribution in [2.24, 2.45) is 0 Å². The highest BCUT2D eigenvalue weighted by atomic mass is 16.3. The van der Waals surface area contributed by atoms with Crippen molar-refractivity contribution in [2.75, 3.05) is 23.4 Å². The predicted molar refractivity (Wildman–Crippen MR) is 126 cm³/mol. The van der Waals surface area contributed by atoms with Crippen LogP contribution in [0.1, 0.15) is 53.5 Å². The number of rotatable bonds is 6. The standard InChI is InChI=1S/C24H26N6O.CH4/c1-16-3-6-23(19(11-16)12-25)30-9-7-22-20(14-30)24(28-15-27-22)29-21(8-10-31)18-5-4-17(2)26-13-18;/h3-6,11,13,15,21,31H,7-10,14H2,1-2H3,(H,27,28,29);1H4/t21-;/m1./s1. The zero-order valence-electron chi connectivity index (χ0n) is 17.8. The summed E-state index contributed by atoms with van der Waals surface area (Å²) in [5.41, 5.74) is 6.69. The van der Waals surface area contributed by atoms with Gasteiger partial charge in [-0.15, -0.1) is 0 Å². The van der Waals surface area contributed by atoms with Gasteiger partial charge in [-0.05, 0) is 49.6 Å². The number of fused-ring (bicyclic) bond motifs is 1. The third kappa shape index (κ3) is 4.87. The molecule has 0 fully saturated rings. The van der Waals surface area contributed by atoms with E-state index in [0.717, 1.165) is 52.5 Å². The minimum atomic E-state index is -0.110. The monoisotopic (exact) mass is 430 g/mol. The lowest BCUT2D eigenvalue weighted by Gasteiger charge is -2.32. The lowest BCUT2D eigenvalue weighted by molar-refractivity contribution is 0.280. The van der Waals surface area contributed by atoms with E-state index in [1.165, 1.54) is 0 Å². The van der Waals surface area contributed by atoms with Crippen LogP contribution in [-0.2, 0) is 13.0 Å². The second-order valence-corrected chi connectivity index (χ2v) is 7.89. The van der Waals surface area contributed by atoms with Gasteiger partial charge < -0.3 is 15.3 Å². The predicted octanol–water partition coefficient (Wildman–Crippen LogP) is 4.09. The van der Waals surface area contributed by atoms with Crippen LogP contribution >= 0.6 is 0 Å². The number of aliphatic hydroxyl groups excluding tert-OH is 1. The largest absolute Gasteiger partial charge is 0.396 e. The van der Waals surface area contributed by atoms with Crippen LogP contribution in [0.5, 0.6) is 0 Å². The summed E-state index contributed by atoms with van der Waals surface area (Å²) in [6.07, 6.45) is 4.76. The third-order valence-corrected chi connectivity index (χ3v) is 5.68. The number of nitrogens with zero attached hydrogens (tertiary/aromatic N) is 5. The van der Waals surface area contributed by atoms with Crippen LogP contribution in [0.4, 0.5) is 11.5 Å². The lowest BCUT2D eigenvalue weighted by atomic mass is 10.0. The normalized spacial score (nSPS) is 13.5. The van der Waals surface area contributed by atoms with Gasteiger partial charge in [-0.3, -0.25) is 4.98 Å². The fourth-order valence-corrected chi connectivity index (χ4v) is 3.99. The van der Waals surface area contributed by atoms with Gasteiger partial charge in [-0.2, -0.15) is 5.26 Å². The molecule has 1 aromatic carbocycles. The van der Waals surface area contributed by atoms with Gasteiger partial charge in [0.05, 0.1) is 23.0 Å². The molecule has 1 aliphatic heterocycles. The van der Waals surface area contributed by atoms with Gasteiger partial charge in [0.2, 0.25) is 0 Å². The number of hydrogen-bond acceptors (Lipinski definition) is 7. The molecule has 3 heterocycles. The molecule has 2 N–H and O–H groups in total. The summed E-state index contributed by atoms with van der Waals surface area (Å²) < 4.78 is 0. The van der Waals surface area contributed by atoms with Crippen molar-refractivity contribution in [1.29, 1.82) is 5.26 Å². The molecule has 0 spiro atoms. The molecule has 0 amide bonds. The topological polar surface area (TPSA) is 98.0 Å². The van der Waals surface area contributed by atoms with Crippen LogP contribution in [0.15, 0.2) is 42.9 Å². The van der Waals surface area contributed by atoms with Crippen molar-refractivity contribution < 1.29 is 5.11 Å². The number of nitrogens with one attached hydrogen (secondary N) is 1. The first-order valence-corrected chi connectivity index (χ1v) is 10.5. The molecular weight excluding hydrogens is 400 g/mol. The summed E-state index contributed by atoms with van der Waals surface area (Å²) in [4.78, 5) is 15.6. The molecular formula is C25H30N6O. The summed E-state index contributed by atoms with van der Waals surface area (Å²) in [5, 5.41) is 22.7. The van der Waals surface area contributed by atoms with Gasteiger partial charge in [0, 0.05) is 43.6 Å². The first kappa shape index (κ1) is 23.2. The fraction of sp³-hybridized carbons (Fsp3) is 0.360. The number of benzene rings is 1. The van der Waals surface area contributed by atoms with Crippen molar-refractivity contribution in [2.45, 2.75) is 46.7 Å². The summed E-state index contributed by atoms with van der Waals surface area (Å²) in [5.74, 6) is 0.763. The van der Waals surface area contributed by atoms with Crippen LogP contribution < -0.4 is 10.2 Å². The minimum absolute atomic E-state index is 0. The van der Waals surface area contributed by atoms with Crippen LogP contribution in [0, 0.1) is 25.2 Å². The first-order valence-electron chi connectivity index (χ1n) is 10.5. The number of aliphatic hydroxyl groups is 1. The molecule has 7 nitrogen and oxygen atoms in total. The molecule has 7 heteroatoms. The lowest BCUT2D eigenvalue weighted by Crippen LogP contribution is -2.32. The van der Waals surface area contributed by atoms with Crippen molar-refractivity contribution in [3.05, 3.63) is 76.5 Å². The van der Waals surface area contributed by atoms with E-state index in [0.29, 0.717) is 18.5 Å². The van der Waals surface area contributed by atoms with Gasteiger partial charge in [0.15, 0.2) is 0 Å². The molecule has 32 heavy (non-hydrogen) atoms. The Bertz CT molecular complexity index is 1110. The number of nitriles is 1. The Labute approximate surface area is 189 Å². The Morgan fingerprint density at radius 1 is 1.19 bits per heavy atom. The van der Waals surface area contributed by atoms with Crippen LogP contribution in [0.2, 0.25) is 0 Å². The molecule has 0 aliphatic carbocycles. The zero-order chi connectivity index (χ0) is 21.8. The maximum atomic E-state index is 9.61. The van der Waals surface area contributed by atoms with E-state index < -0.39 is 0 Å². The number of aromatic nitrogens is 3. The molecule has 0 saturated heterocycles. The Kier molecular flexibility index (Phi) is 7.39. The van der Waals surface area contributed by atoms with Crippen LogP contribution in [-0.4, -0.2) is 33.2 Å². The summed E-state index contributed by atoms with van der Waals surface area (Å²) in [6, 6.07) is 12.2. The van der Waals surface area contributed by atoms with Gasteiger partial charge >= 0.3 is 0 Å². The molecule has 1 aliphatic rings. The molecule has 4 rings (SSSR count). The van der Waals surface area contributed by atoms with Gasteiger partial charge in [-0.25, -0.2) is 9.97 Å². The van der Waals surface area contributed by atoms with Crippen LogP contribution in [0.25, 0.3) is 0 Å². The Hall–Kier alpha value is -3.50. The van der Waals surface area contributed by atoms with Crippen molar-refractivity contribution in [3.8, 4) is 6.07 Å². The average Bonchev–Trinajstić information content (AvgIpc) is 2.79. The maximum absolute atomic E-state index is 9.61. The molecule has 1 atom stereocenters. The number of anilines is 2. The smallest absolute Gasteiger partial charge is 0.135 e. The van der Waals surface area contributed by atoms with Crippen LogP contribution in [0.3, 0.4) is 0 Å². The van der Waals surface area contributed by atoms with Gasteiger partial charge in [-0.1, -0.05) is 19.6 Å². The third-order valence-electron chi connectivity index (χ3n) is 5.68. The van der Waals surface area contributed by atoms with E-state index in [1.807, 2.05) is 50.4 Å². The average molecular weight is 431 g/mol. The number of hydrogen-bond donors (Lipinski definition) is 2. The van der Waals surface area contributed by atoms with E-state index >= 15 is 0 Å². The van der Waals surface area contributed by atoms with Crippen molar-refractivity contribution in [3.63, 3.8) is 0 Å². The Morgan fingerprint density at radius 3 is 2.75 bits per heavy atom. The second kappa shape index (κ2) is 10.2. The highest BCUT2D eigenvalue weighted by molar-refractivity contribution is 5.63. The highest BCUT2D eigenvalue weighted by Gasteiger charge is 2.24. The molecule has 0 bridgehead atoms. The SMILES string of the molecule is C.Cc1ccc(N2CCc3ncnc(N[C@H](CCO)c4ccc(C)nc4)c3C2)c(C#N)c1. The second-order valence-electron chi connectivity index (χ2n) is 7.89. The van der Waals surface area contributed by atoms with E-state index in [2.05, 4.69) is 31.2 Å². The van der Waals surface area contributed by atoms with E-state index in [-0.39, 0.29) is 20.1 Å². The van der Waals surface area contributed by atoms with E-state index in [1.54, 1.807) is 6.33 Å². The van der Waals surface area contributed by atoms with Gasteiger partial charge in [0.1, 0.15) is 18.2 Å². The minimum Gasteiger partial charge on any atom is -0.396 e. The Morgan fingerprint density at radius 2 is 2.03 bits per heavy atom. The summed E-state index contributed by atoms with van der Waals surface area (Å²) >= 11 is 0. The Balaban J connectivity index is 0.00000289. The molecule has 166 valence electrons. The van der Waals surface area contributed by atoms with E-state index in [4.69, 9.17) is 0 Å². The number of aryl methyl sites for hydroxylation is 2. The number of pyridine rings is 1. The highest BCUT2D eigenvalue weighted by Crippen LogP contribution is 2.31. The summed E-state index contributed by atoms with van der Waals surface area (Å²) in [6.45, 7) is 5.42. The fourth-order valence-electron chi connectivity index (χ4n) is 3.99. The molecule has 3 aromatic rings. The van der Waals surface area contributed by atoms with Gasteiger partial charge in [0.25, 0.3) is 0 Å². The van der Waals surface area contributed by atoms with Crippen molar-refractivity contribution >= 4 is 11.5 Å². The van der Waals surface area contributed by atoms with Crippen molar-refractivity contribution in [1.82, 2.24) is 15.0 Å². The first-order chi connectivity index (χ1) is 15.1. The molecule has 2 aromatic heterocycles. The maximum Gasteiger partial charge on any atom is 0.135 e. The molecule has 0 radical (unpaired) electrons. The molecule has 0 unspecified atom stereocenters. The molecule has 0 saturated carbocycles. The zero-order valence-corrected chi connectivity index (χ0v) is 17.8. The summed E-state index contributed by atoms with van der Waals surface area (Å²) in [7, 11) is 0. The van der Waals surface area contributed by atoms with E-state index in [9.17, 15) is 10.4 Å². The quantitative estimate of drug-likeness (QED) is 0.608.